The van der Waals surface area contributed by atoms with Gasteiger partial charge in [-0.2, -0.15) is 5.26 Å². The lowest BCUT2D eigenvalue weighted by molar-refractivity contribution is -0.384. The second kappa shape index (κ2) is 6.99. The van der Waals surface area contributed by atoms with E-state index < -0.39 is 4.92 Å². The molecule has 0 radical (unpaired) electrons. The van der Waals surface area contributed by atoms with Crippen LogP contribution in [0.2, 0.25) is 0 Å². The Kier molecular flexibility index (Phi) is 5.06. The summed E-state index contributed by atoms with van der Waals surface area (Å²) >= 11 is 0. The first kappa shape index (κ1) is 15.2. The van der Waals surface area contributed by atoms with Gasteiger partial charge < -0.3 is 10.2 Å². The summed E-state index contributed by atoms with van der Waals surface area (Å²) < 4.78 is 0. The van der Waals surface area contributed by atoms with Crippen molar-refractivity contribution in [3.63, 3.8) is 0 Å². The topological polar surface area (TPSA) is 95.1 Å². The zero-order valence-corrected chi connectivity index (χ0v) is 12.1. The molecule has 1 aliphatic heterocycles. The molecule has 21 heavy (non-hydrogen) atoms. The Labute approximate surface area is 123 Å². The molecular formula is C14H19N5O2. The molecule has 1 N–H and O–H groups in total. The van der Waals surface area contributed by atoms with Gasteiger partial charge in [0.05, 0.1) is 10.5 Å². The van der Waals surface area contributed by atoms with E-state index in [1.54, 1.807) is 0 Å². The lowest BCUT2D eigenvalue weighted by atomic mass is 9.97. The van der Waals surface area contributed by atoms with Crippen LogP contribution in [0.15, 0.2) is 12.3 Å². The number of hydrogen-bond donors (Lipinski definition) is 1. The second-order valence-electron chi connectivity index (χ2n) is 5.22. The highest BCUT2D eigenvalue weighted by Gasteiger charge is 2.20. The molecule has 0 aromatic carbocycles. The molecule has 1 saturated heterocycles. The third-order valence-electron chi connectivity index (χ3n) is 3.91. The van der Waals surface area contributed by atoms with Gasteiger partial charge in [0.15, 0.2) is 0 Å². The van der Waals surface area contributed by atoms with E-state index in [1.807, 2.05) is 6.07 Å². The van der Waals surface area contributed by atoms with Gasteiger partial charge in [0.2, 0.25) is 5.82 Å². The highest BCUT2D eigenvalue weighted by molar-refractivity contribution is 5.58. The van der Waals surface area contributed by atoms with Crippen LogP contribution in [0.5, 0.6) is 0 Å². The molecule has 0 unspecified atom stereocenters. The molecule has 7 heteroatoms. The summed E-state index contributed by atoms with van der Waals surface area (Å²) in [5.74, 6) is 0.752. The lowest BCUT2D eigenvalue weighted by Crippen LogP contribution is -2.35. The molecule has 2 heterocycles. The highest BCUT2D eigenvalue weighted by Crippen LogP contribution is 2.24. The van der Waals surface area contributed by atoms with E-state index in [0.717, 1.165) is 32.5 Å². The molecule has 0 aliphatic carbocycles. The molecule has 0 bridgehead atoms. The summed E-state index contributed by atoms with van der Waals surface area (Å²) in [6.45, 7) is 6.06. The third-order valence-corrected chi connectivity index (χ3v) is 3.91. The number of pyridine rings is 1. The quantitative estimate of drug-likeness (QED) is 0.658. The van der Waals surface area contributed by atoms with Crippen LogP contribution in [0.3, 0.4) is 0 Å². The number of hydrogen-bond acceptors (Lipinski definition) is 6. The number of anilines is 1. The predicted molar refractivity (Wildman–Crippen MR) is 78.9 cm³/mol. The summed E-state index contributed by atoms with van der Waals surface area (Å²) in [6.07, 6.45) is 3.53. The maximum Gasteiger partial charge on any atom is 0.312 e. The minimum absolute atomic E-state index is 0.139. The second-order valence-corrected chi connectivity index (χ2v) is 5.22. The van der Waals surface area contributed by atoms with E-state index in [2.05, 4.69) is 22.1 Å². The van der Waals surface area contributed by atoms with Crippen LogP contribution in [-0.4, -0.2) is 41.0 Å². The number of piperidine rings is 1. The summed E-state index contributed by atoms with van der Waals surface area (Å²) in [5.41, 5.74) is 0.0588. The van der Waals surface area contributed by atoms with Gasteiger partial charge in [-0.3, -0.25) is 10.1 Å². The Balaban J connectivity index is 1.97. The van der Waals surface area contributed by atoms with Crippen molar-refractivity contribution in [1.29, 1.82) is 5.26 Å². The Morgan fingerprint density at radius 2 is 2.29 bits per heavy atom. The molecule has 1 aliphatic rings. The number of rotatable bonds is 5. The zero-order valence-electron chi connectivity index (χ0n) is 12.1. The van der Waals surface area contributed by atoms with E-state index >= 15 is 0 Å². The Bertz CT molecular complexity index is 547. The standard InChI is InChI=1S/C14H19N5O2/c1-2-18-5-3-11(4-6-18)9-16-14-13(19(20)21)7-12(8-15)10-17-14/h7,10-11H,2-6,9H2,1H3,(H,16,17). The third kappa shape index (κ3) is 3.89. The summed E-state index contributed by atoms with van der Waals surface area (Å²) in [5, 5.41) is 22.9. The van der Waals surface area contributed by atoms with Crippen molar-refractivity contribution in [2.45, 2.75) is 19.8 Å². The summed E-state index contributed by atoms with van der Waals surface area (Å²) in [6, 6.07) is 3.12. The van der Waals surface area contributed by atoms with Gasteiger partial charge in [0.25, 0.3) is 0 Å². The molecule has 0 spiro atoms. The number of nitriles is 1. The number of nitro groups is 1. The van der Waals surface area contributed by atoms with Gasteiger partial charge >= 0.3 is 5.69 Å². The van der Waals surface area contributed by atoms with Crippen molar-refractivity contribution in [3.05, 3.63) is 27.9 Å². The van der Waals surface area contributed by atoms with Crippen molar-refractivity contribution >= 4 is 11.5 Å². The first-order valence-corrected chi connectivity index (χ1v) is 7.14. The largest absolute Gasteiger partial charge is 0.364 e. The van der Waals surface area contributed by atoms with E-state index in [0.29, 0.717) is 12.5 Å². The van der Waals surface area contributed by atoms with E-state index in [1.165, 1.54) is 12.3 Å². The van der Waals surface area contributed by atoms with Crippen molar-refractivity contribution in [2.24, 2.45) is 5.92 Å². The molecule has 0 atom stereocenters. The number of aromatic nitrogens is 1. The van der Waals surface area contributed by atoms with Crippen LogP contribution in [0, 0.1) is 27.4 Å². The fraction of sp³-hybridized carbons (Fsp3) is 0.571. The van der Waals surface area contributed by atoms with Gasteiger partial charge in [-0.15, -0.1) is 0 Å². The van der Waals surface area contributed by atoms with E-state index in [-0.39, 0.29) is 17.1 Å². The number of nitrogens with zero attached hydrogens (tertiary/aromatic N) is 4. The number of nitrogens with one attached hydrogen (secondary N) is 1. The van der Waals surface area contributed by atoms with Gasteiger partial charge in [-0.25, -0.2) is 4.98 Å². The molecule has 1 fully saturated rings. The van der Waals surface area contributed by atoms with Crippen LogP contribution < -0.4 is 5.32 Å². The average molecular weight is 289 g/mol. The maximum atomic E-state index is 11.0. The minimum Gasteiger partial charge on any atom is -0.364 e. The first-order valence-electron chi connectivity index (χ1n) is 7.14. The SMILES string of the molecule is CCN1CCC(CNc2ncc(C#N)cc2[N+](=O)[O-])CC1. The van der Waals surface area contributed by atoms with Crippen molar-refractivity contribution in [2.75, 3.05) is 31.5 Å². The summed E-state index contributed by atoms with van der Waals surface area (Å²) in [4.78, 5) is 16.9. The van der Waals surface area contributed by atoms with Crippen molar-refractivity contribution in [3.8, 4) is 6.07 Å². The first-order chi connectivity index (χ1) is 10.1. The van der Waals surface area contributed by atoms with Gasteiger partial charge in [-0.1, -0.05) is 6.92 Å². The van der Waals surface area contributed by atoms with E-state index in [4.69, 9.17) is 5.26 Å². The van der Waals surface area contributed by atoms with Gasteiger partial charge in [-0.05, 0) is 38.4 Å². The Morgan fingerprint density at radius 1 is 1.57 bits per heavy atom. The fourth-order valence-electron chi connectivity index (χ4n) is 2.54. The lowest BCUT2D eigenvalue weighted by Gasteiger charge is -2.31. The van der Waals surface area contributed by atoms with Crippen LogP contribution in [0.1, 0.15) is 25.3 Å². The maximum absolute atomic E-state index is 11.0. The monoisotopic (exact) mass is 289 g/mol. The smallest absolute Gasteiger partial charge is 0.312 e. The fourth-order valence-corrected chi connectivity index (χ4v) is 2.54. The number of likely N-dealkylation sites (tertiary alicyclic amines) is 1. The molecule has 1 aromatic heterocycles. The highest BCUT2D eigenvalue weighted by atomic mass is 16.6. The van der Waals surface area contributed by atoms with Crippen molar-refractivity contribution < 1.29 is 4.92 Å². The molecule has 1 aromatic rings. The summed E-state index contributed by atoms with van der Waals surface area (Å²) in [7, 11) is 0. The molecule has 0 saturated carbocycles. The minimum atomic E-state index is -0.504. The van der Waals surface area contributed by atoms with Crippen LogP contribution in [-0.2, 0) is 0 Å². The van der Waals surface area contributed by atoms with Gasteiger partial charge in [0.1, 0.15) is 6.07 Å². The van der Waals surface area contributed by atoms with Crippen LogP contribution in [0.25, 0.3) is 0 Å². The molecule has 112 valence electrons. The molecule has 7 nitrogen and oxygen atoms in total. The molecular weight excluding hydrogens is 270 g/mol. The average Bonchev–Trinajstić information content (AvgIpc) is 2.53. The predicted octanol–water partition coefficient (Wildman–Crippen LogP) is 2.01. The molecule has 0 amide bonds. The Morgan fingerprint density at radius 3 is 2.86 bits per heavy atom. The zero-order chi connectivity index (χ0) is 15.2. The normalized spacial score (nSPS) is 16.4. The van der Waals surface area contributed by atoms with Crippen LogP contribution >= 0.6 is 0 Å². The van der Waals surface area contributed by atoms with Gasteiger partial charge in [0, 0.05) is 18.8 Å². The Hall–Kier alpha value is -2.20. The van der Waals surface area contributed by atoms with Crippen molar-refractivity contribution in [1.82, 2.24) is 9.88 Å². The van der Waals surface area contributed by atoms with Crippen LogP contribution in [0.4, 0.5) is 11.5 Å². The molecule has 2 rings (SSSR count). The van der Waals surface area contributed by atoms with E-state index in [9.17, 15) is 10.1 Å².